The molecule has 4 aromatic rings. The summed E-state index contributed by atoms with van der Waals surface area (Å²) in [4.78, 5) is 32.4. The first-order chi connectivity index (χ1) is 19.5. The molecule has 1 unspecified atom stereocenters. The lowest BCUT2D eigenvalue weighted by molar-refractivity contribution is -0.140. The van der Waals surface area contributed by atoms with E-state index < -0.39 is 17.7 Å². The highest BCUT2D eigenvalue weighted by molar-refractivity contribution is 6.46. The number of hydrogen-bond acceptors (Lipinski definition) is 6. The van der Waals surface area contributed by atoms with Gasteiger partial charge in [-0.3, -0.25) is 14.6 Å². The van der Waals surface area contributed by atoms with E-state index >= 15 is 0 Å². The zero-order valence-corrected chi connectivity index (χ0v) is 22.2. The number of amides is 1. The van der Waals surface area contributed by atoms with Gasteiger partial charge in [-0.25, -0.2) is 0 Å². The number of aliphatic hydroxyl groups is 1. The molecule has 0 aliphatic carbocycles. The number of benzene rings is 3. The fourth-order valence-corrected chi connectivity index (χ4v) is 4.65. The largest absolute Gasteiger partial charge is 0.507 e. The van der Waals surface area contributed by atoms with Crippen molar-refractivity contribution in [2.75, 3.05) is 6.61 Å². The molecule has 3 aromatic carbocycles. The molecule has 7 nitrogen and oxygen atoms in total. The fraction of sp³-hybridized carbons (Fsp3) is 0.182. The summed E-state index contributed by atoms with van der Waals surface area (Å²) < 4.78 is 11.8. The van der Waals surface area contributed by atoms with Crippen molar-refractivity contribution in [3.8, 4) is 17.2 Å². The van der Waals surface area contributed by atoms with Crippen LogP contribution in [0.4, 0.5) is 0 Å². The first-order valence-electron chi connectivity index (χ1n) is 13.3. The normalized spacial score (nSPS) is 16.2. The molecule has 0 bridgehead atoms. The first kappa shape index (κ1) is 26.7. The van der Waals surface area contributed by atoms with Gasteiger partial charge >= 0.3 is 0 Å². The maximum absolute atomic E-state index is 13.4. The molecule has 1 N–H and O–H groups in total. The Morgan fingerprint density at radius 2 is 1.60 bits per heavy atom. The number of likely N-dealkylation sites (tertiary alicyclic amines) is 1. The van der Waals surface area contributed by atoms with Gasteiger partial charge in [0.25, 0.3) is 11.7 Å². The number of rotatable bonds is 10. The van der Waals surface area contributed by atoms with Gasteiger partial charge in [-0.2, -0.15) is 0 Å². The van der Waals surface area contributed by atoms with E-state index in [1.54, 1.807) is 54.9 Å². The highest BCUT2D eigenvalue weighted by Crippen LogP contribution is 2.41. The zero-order chi connectivity index (χ0) is 27.9. The standard InChI is InChI=1S/C33H30N2O5/c1-2-3-20-39-26-14-12-24(13-15-26)31(36)29-30(35(33(38)32(29)37)22-23-16-18-34-19-17-23)25-8-7-11-28(21-25)40-27-9-5-4-6-10-27/h4-19,21,30,36H,2-3,20,22H2,1H3/b31-29+. The molecule has 1 aliphatic rings. The molecular weight excluding hydrogens is 504 g/mol. The molecule has 0 saturated carbocycles. The van der Waals surface area contributed by atoms with Crippen molar-refractivity contribution in [3.63, 3.8) is 0 Å². The molecule has 7 heteroatoms. The van der Waals surface area contributed by atoms with Crippen LogP contribution in [0, 0.1) is 0 Å². The van der Waals surface area contributed by atoms with E-state index in [2.05, 4.69) is 11.9 Å². The Labute approximate surface area is 233 Å². The highest BCUT2D eigenvalue weighted by Gasteiger charge is 2.46. The van der Waals surface area contributed by atoms with Gasteiger partial charge in [-0.1, -0.05) is 43.7 Å². The molecule has 1 saturated heterocycles. The van der Waals surface area contributed by atoms with Crippen molar-refractivity contribution in [3.05, 3.63) is 126 Å². The van der Waals surface area contributed by atoms with Crippen LogP contribution in [0.5, 0.6) is 17.2 Å². The van der Waals surface area contributed by atoms with Gasteiger partial charge in [-0.05, 0) is 78.2 Å². The number of ketones is 1. The first-order valence-corrected chi connectivity index (χ1v) is 13.3. The van der Waals surface area contributed by atoms with Gasteiger partial charge in [0.15, 0.2) is 0 Å². The van der Waals surface area contributed by atoms with Crippen LogP contribution in [-0.2, 0) is 16.1 Å². The summed E-state index contributed by atoms with van der Waals surface area (Å²) in [6.07, 6.45) is 5.24. The molecule has 1 amide bonds. The Morgan fingerprint density at radius 1 is 0.875 bits per heavy atom. The minimum atomic E-state index is -0.826. The van der Waals surface area contributed by atoms with E-state index in [1.165, 1.54) is 4.90 Å². The minimum absolute atomic E-state index is 0.0237. The third kappa shape index (κ3) is 5.89. The fourth-order valence-electron chi connectivity index (χ4n) is 4.65. The maximum Gasteiger partial charge on any atom is 0.295 e. The van der Waals surface area contributed by atoms with Gasteiger partial charge in [-0.15, -0.1) is 0 Å². The second-order valence-electron chi connectivity index (χ2n) is 9.50. The average molecular weight is 535 g/mol. The quantitative estimate of drug-likeness (QED) is 0.106. The number of para-hydroxylation sites is 1. The number of nitrogens with zero attached hydrogens (tertiary/aromatic N) is 2. The van der Waals surface area contributed by atoms with E-state index in [1.807, 2.05) is 48.5 Å². The van der Waals surface area contributed by atoms with Crippen LogP contribution in [0.3, 0.4) is 0 Å². The number of carbonyl (C=O) groups is 2. The van der Waals surface area contributed by atoms with Crippen LogP contribution in [0.1, 0.15) is 42.5 Å². The van der Waals surface area contributed by atoms with Crippen LogP contribution >= 0.6 is 0 Å². The smallest absolute Gasteiger partial charge is 0.295 e. The third-order valence-corrected chi connectivity index (χ3v) is 6.69. The van der Waals surface area contributed by atoms with Crippen molar-refractivity contribution < 1.29 is 24.2 Å². The van der Waals surface area contributed by atoms with E-state index in [-0.39, 0.29) is 17.9 Å². The second kappa shape index (κ2) is 12.3. The number of carbonyl (C=O) groups excluding carboxylic acids is 2. The maximum atomic E-state index is 13.4. The number of Topliss-reactive ketones (excluding diaryl/α,β-unsaturated/α-hetero) is 1. The van der Waals surface area contributed by atoms with Gasteiger partial charge in [0.05, 0.1) is 18.2 Å². The van der Waals surface area contributed by atoms with Crippen LogP contribution in [-0.4, -0.2) is 33.3 Å². The number of hydrogen-bond donors (Lipinski definition) is 1. The molecule has 1 atom stereocenters. The van der Waals surface area contributed by atoms with E-state index in [0.717, 1.165) is 18.4 Å². The molecule has 1 aromatic heterocycles. The Hall–Kier alpha value is -4.91. The van der Waals surface area contributed by atoms with Crippen molar-refractivity contribution in [1.82, 2.24) is 9.88 Å². The van der Waals surface area contributed by atoms with Gasteiger partial charge in [0, 0.05) is 24.5 Å². The number of pyridine rings is 1. The third-order valence-electron chi connectivity index (χ3n) is 6.69. The highest BCUT2D eigenvalue weighted by atomic mass is 16.5. The van der Waals surface area contributed by atoms with Crippen molar-refractivity contribution in [1.29, 1.82) is 0 Å². The van der Waals surface area contributed by atoms with Gasteiger partial charge in [0.1, 0.15) is 23.0 Å². The van der Waals surface area contributed by atoms with Crippen molar-refractivity contribution in [2.45, 2.75) is 32.4 Å². The van der Waals surface area contributed by atoms with Crippen LogP contribution < -0.4 is 9.47 Å². The van der Waals surface area contributed by atoms with Crippen LogP contribution in [0.25, 0.3) is 5.76 Å². The molecular formula is C33H30N2O5. The van der Waals surface area contributed by atoms with E-state index in [4.69, 9.17) is 9.47 Å². The summed E-state index contributed by atoms with van der Waals surface area (Å²) in [5, 5.41) is 11.4. The molecule has 0 spiro atoms. The van der Waals surface area contributed by atoms with Gasteiger partial charge < -0.3 is 19.5 Å². The molecule has 5 rings (SSSR count). The molecule has 202 valence electrons. The molecule has 40 heavy (non-hydrogen) atoms. The summed E-state index contributed by atoms with van der Waals surface area (Å²) >= 11 is 0. The summed E-state index contributed by atoms with van der Waals surface area (Å²) in [6.45, 7) is 2.86. The summed E-state index contributed by atoms with van der Waals surface area (Å²) in [5.74, 6) is 0.213. The van der Waals surface area contributed by atoms with Crippen molar-refractivity contribution >= 4 is 17.4 Å². The Balaban J connectivity index is 1.54. The SMILES string of the molecule is CCCCOc1ccc(/C(O)=C2\C(=O)C(=O)N(Cc3ccncc3)C2c2cccc(Oc3ccccc3)c2)cc1. The molecule has 1 fully saturated rings. The predicted molar refractivity (Wildman–Crippen MR) is 152 cm³/mol. The lowest BCUT2D eigenvalue weighted by Gasteiger charge is -2.25. The van der Waals surface area contributed by atoms with Crippen molar-refractivity contribution in [2.24, 2.45) is 0 Å². The summed E-state index contributed by atoms with van der Waals surface area (Å²) in [6, 6.07) is 26.2. The number of aromatic nitrogens is 1. The molecule has 2 heterocycles. The monoisotopic (exact) mass is 534 g/mol. The molecule has 1 aliphatic heterocycles. The Bertz CT molecular complexity index is 1500. The van der Waals surface area contributed by atoms with Crippen LogP contribution in [0.2, 0.25) is 0 Å². The Kier molecular flexibility index (Phi) is 8.21. The second-order valence-corrected chi connectivity index (χ2v) is 9.50. The van der Waals surface area contributed by atoms with Crippen LogP contribution in [0.15, 0.2) is 109 Å². The lowest BCUT2D eigenvalue weighted by Crippen LogP contribution is -2.29. The topological polar surface area (TPSA) is 89.0 Å². The molecule has 0 radical (unpaired) electrons. The number of ether oxygens (including phenoxy) is 2. The Morgan fingerprint density at radius 3 is 2.33 bits per heavy atom. The summed E-state index contributed by atoms with van der Waals surface area (Å²) in [5.41, 5.74) is 1.90. The predicted octanol–water partition coefficient (Wildman–Crippen LogP) is 6.67. The zero-order valence-electron chi connectivity index (χ0n) is 22.2. The number of aliphatic hydroxyl groups excluding tert-OH is 1. The number of unbranched alkanes of at least 4 members (excludes halogenated alkanes) is 1. The summed E-state index contributed by atoms with van der Waals surface area (Å²) in [7, 11) is 0. The minimum Gasteiger partial charge on any atom is -0.507 e. The lowest BCUT2D eigenvalue weighted by atomic mass is 9.95. The van der Waals surface area contributed by atoms with Gasteiger partial charge in [0.2, 0.25) is 0 Å². The van der Waals surface area contributed by atoms with E-state index in [0.29, 0.717) is 35.0 Å². The van der Waals surface area contributed by atoms with E-state index in [9.17, 15) is 14.7 Å². The average Bonchev–Trinajstić information content (AvgIpc) is 3.23.